The van der Waals surface area contributed by atoms with Gasteiger partial charge in [0, 0.05) is 29.9 Å². The van der Waals surface area contributed by atoms with Gasteiger partial charge in [-0.3, -0.25) is 24.0 Å². The molecule has 0 saturated carbocycles. The maximum Gasteiger partial charge on any atom is 0.322 e. The van der Waals surface area contributed by atoms with Crippen LogP contribution < -0.4 is 21.7 Å². The Labute approximate surface area is 208 Å². The second kappa shape index (κ2) is 13.2. The number of H-pyrrole nitrogens is 1. The van der Waals surface area contributed by atoms with E-state index in [9.17, 15) is 24.0 Å². The summed E-state index contributed by atoms with van der Waals surface area (Å²) in [5, 5.41) is 26.1. The zero-order valence-corrected chi connectivity index (χ0v) is 20.2. The van der Waals surface area contributed by atoms with E-state index in [-0.39, 0.29) is 25.2 Å². The van der Waals surface area contributed by atoms with Crippen LogP contribution in [0, 0.1) is 5.92 Å². The molecule has 3 amide bonds. The van der Waals surface area contributed by atoms with Crippen LogP contribution in [0.15, 0.2) is 30.5 Å². The highest BCUT2D eigenvalue weighted by molar-refractivity contribution is 5.94. The lowest BCUT2D eigenvalue weighted by atomic mass is 9.97. The van der Waals surface area contributed by atoms with Crippen molar-refractivity contribution in [2.75, 3.05) is 6.54 Å². The summed E-state index contributed by atoms with van der Waals surface area (Å²) >= 11 is 0. The van der Waals surface area contributed by atoms with Crippen molar-refractivity contribution in [2.45, 2.75) is 57.7 Å². The minimum absolute atomic E-state index is 0.0667. The van der Waals surface area contributed by atoms with E-state index in [1.165, 1.54) is 0 Å². The smallest absolute Gasteiger partial charge is 0.322 e. The molecular weight excluding hydrogens is 470 g/mol. The fourth-order valence-corrected chi connectivity index (χ4v) is 3.65. The van der Waals surface area contributed by atoms with Crippen molar-refractivity contribution < 1.29 is 34.2 Å². The van der Waals surface area contributed by atoms with E-state index in [1.807, 2.05) is 31.2 Å². The number of carbonyl (C=O) groups is 5. The number of hydrogen-bond acceptors (Lipinski definition) is 6. The third kappa shape index (κ3) is 8.08. The fraction of sp³-hybridized carbons (Fsp3) is 0.458. The molecule has 0 spiro atoms. The largest absolute Gasteiger partial charge is 0.481 e. The van der Waals surface area contributed by atoms with Gasteiger partial charge in [-0.05, 0) is 24.0 Å². The molecule has 4 atom stereocenters. The average Bonchev–Trinajstić information content (AvgIpc) is 3.25. The molecule has 0 saturated heterocycles. The summed E-state index contributed by atoms with van der Waals surface area (Å²) in [6.07, 6.45) is 1.87. The number of aromatic nitrogens is 1. The first-order valence-corrected chi connectivity index (χ1v) is 11.7. The summed E-state index contributed by atoms with van der Waals surface area (Å²) in [6.45, 7) is 2.96. The maximum absolute atomic E-state index is 13.3. The molecule has 36 heavy (non-hydrogen) atoms. The Balaban J connectivity index is 2.27. The highest BCUT2D eigenvalue weighted by Gasteiger charge is 2.31. The average molecular weight is 504 g/mol. The Hall–Kier alpha value is -3.93. The molecule has 12 heteroatoms. The number of fused-ring (bicyclic) bond motifs is 1. The standard InChI is InChI=1S/C24H33N5O7/c1-3-13(2)21(24(36)27-12-20(32)33)29-23(35)18(28-22(34)16(25)8-9-19(30)31)10-14-11-26-17-7-5-4-6-15(14)17/h4-7,11,13,16,18,21,26H,3,8-10,12,25H2,1-2H3,(H,27,36)(H,28,34)(H,29,35)(H,30,31)(H,32,33). The molecule has 8 N–H and O–H groups in total. The van der Waals surface area contributed by atoms with Gasteiger partial charge in [-0.25, -0.2) is 0 Å². The maximum atomic E-state index is 13.3. The van der Waals surface area contributed by atoms with Crippen molar-refractivity contribution in [1.82, 2.24) is 20.9 Å². The third-order valence-corrected chi connectivity index (χ3v) is 5.94. The molecule has 2 aromatic rings. The monoisotopic (exact) mass is 503 g/mol. The minimum atomic E-state index is -1.22. The summed E-state index contributed by atoms with van der Waals surface area (Å²) in [5.41, 5.74) is 7.40. The van der Waals surface area contributed by atoms with Crippen LogP contribution in [0.1, 0.15) is 38.7 Å². The van der Waals surface area contributed by atoms with Gasteiger partial charge in [0.1, 0.15) is 18.6 Å². The first-order valence-electron chi connectivity index (χ1n) is 11.7. The number of nitrogens with two attached hydrogens (primary N) is 1. The van der Waals surface area contributed by atoms with E-state index in [0.29, 0.717) is 6.42 Å². The van der Waals surface area contributed by atoms with Crippen molar-refractivity contribution in [3.8, 4) is 0 Å². The highest BCUT2D eigenvalue weighted by Crippen LogP contribution is 2.19. The zero-order valence-electron chi connectivity index (χ0n) is 20.2. The summed E-state index contributed by atoms with van der Waals surface area (Å²) in [6, 6.07) is 4.08. The van der Waals surface area contributed by atoms with Crippen LogP contribution in [0.5, 0.6) is 0 Å². The number of aliphatic carboxylic acids is 2. The van der Waals surface area contributed by atoms with Crippen molar-refractivity contribution in [1.29, 1.82) is 0 Å². The quantitative estimate of drug-likeness (QED) is 0.188. The Kier molecular flexibility index (Phi) is 10.4. The number of carbonyl (C=O) groups excluding carboxylic acids is 3. The second-order valence-electron chi connectivity index (χ2n) is 8.65. The van der Waals surface area contributed by atoms with E-state index < -0.39 is 54.3 Å². The number of rotatable bonds is 14. The van der Waals surface area contributed by atoms with E-state index in [4.69, 9.17) is 15.9 Å². The van der Waals surface area contributed by atoms with E-state index in [2.05, 4.69) is 20.9 Å². The van der Waals surface area contributed by atoms with E-state index in [1.54, 1.807) is 13.1 Å². The van der Waals surface area contributed by atoms with Crippen LogP contribution in [-0.4, -0.2) is 69.5 Å². The van der Waals surface area contributed by atoms with Gasteiger partial charge in [0.2, 0.25) is 17.7 Å². The highest BCUT2D eigenvalue weighted by atomic mass is 16.4. The molecule has 0 bridgehead atoms. The molecule has 1 heterocycles. The molecular formula is C24H33N5O7. The van der Waals surface area contributed by atoms with Crippen LogP contribution >= 0.6 is 0 Å². The number of para-hydroxylation sites is 1. The summed E-state index contributed by atoms with van der Waals surface area (Å²) in [5.74, 6) is -4.67. The molecule has 196 valence electrons. The van der Waals surface area contributed by atoms with Crippen LogP contribution in [0.3, 0.4) is 0 Å². The zero-order chi connectivity index (χ0) is 26.8. The van der Waals surface area contributed by atoms with Gasteiger partial charge in [0.25, 0.3) is 0 Å². The number of carboxylic acid groups (broad SMARTS) is 2. The Morgan fingerprint density at radius 3 is 2.33 bits per heavy atom. The normalized spacial score (nSPS) is 14.3. The number of carboxylic acids is 2. The van der Waals surface area contributed by atoms with Crippen molar-refractivity contribution in [3.05, 3.63) is 36.0 Å². The molecule has 0 fully saturated rings. The molecule has 1 aromatic heterocycles. The third-order valence-electron chi connectivity index (χ3n) is 5.94. The van der Waals surface area contributed by atoms with Crippen LogP contribution in [-0.2, 0) is 30.4 Å². The van der Waals surface area contributed by atoms with Gasteiger partial charge in [-0.15, -0.1) is 0 Å². The first-order chi connectivity index (χ1) is 17.0. The predicted molar refractivity (Wildman–Crippen MR) is 131 cm³/mol. The second-order valence-corrected chi connectivity index (χ2v) is 8.65. The number of benzene rings is 1. The lowest BCUT2D eigenvalue weighted by molar-refractivity contribution is -0.139. The number of hydrogen-bond donors (Lipinski definition) is 7. The number of amides is 3. The Morgan fingerprint density at radius 1 is 1.00 bits per heavy atom. The molecule has 0 aliphatic rings. The Morgan fingerprint density at radius 2 is 1.69 bits per heavy atom. The number of nitrogens with one attached hydrogen (secondary N) is 4. The Bertz CT molecular complexity index is 1100. The summed E-state index contributed by atoms with van der Waals surface area (Å²) in [4.78, 5) is 63.4. The predicted octanol–water partition coefficient (Wildman–Crippen LogP) is 0.119. The molecule has 12 nitrogen and oxygen atoms in total. The van der Waals surface area contributed by atoms with E-state index in [0.717, 1.165) is 16.5 Å². The van der Waals surface area contributed by atoms with Gasteiger partial charge >= 0.3 is 11.9 Å². The van der Waals surface area contributed by atoms with Crippen molar-refractivity contribution in [3.63, 3.8) is 0 Å². The molecule has 2 rings (SSSR count). The summed E-state index contributed by atoms with van der Waals surface area (Å²) < 4.78 is 0. The van der Waals surface area contributed by atoms with Gasteiger partial charge in [-0.2, -0.15) is 0 Å². The molecule has 4 unspecified atom stereocenters. The SMILES string of the molecule is CCC(C)C(NC(=O)C(Cc1c[nH]c2ccccc12)NC(=O)C(N)CCC(=O)O)C(=O)NCC(=O)O. The van der Waals surface area contributed by atoms with Crippen LogP contribution in [0.2, 0.25) is 0 Å². The lowest BCUT2D eigenvalue weighted by Gasteiger charge is -2.27. The summed E-state index contributed by atoms with van der Waals surface area (Å²) in [7, 11) is 0. The molecule has 0 aliphatic heterocycles. The molecule has 0 radical (unpaired) electrons. The number of aromatic amines is 1. The molecule has 1 aromatic carbocycles. The van der Waals surface area contributed by atoms with Crippen LogP contribution in [0.25, 0.3) is 10.9 Å². The van der Waals surface area contributed by atoms with Gasteiger partial charge < -0.3 is 36.9 Å². The van der Waals surface area contributed by atoms with Gasteiger partial charge in [0.05, 0.1) is 6.04 Å². The fourth-order valence-electron chi connectivity index (χ4n) is 3.65. The first kappa shape index (κ1) is 28.3. The van der Waals surface area contributed by atoms with Crippen molar-refractivity contribution >= 4 is 40.6 Å². The van der Waals surface area contributed by atoms with Gasteiger partial charge in [0.15, 0.2) is 0 Å². The van der Waals surface area contributed by atoms with Gasteiger partial charge in [-0.1, -0.05) is 38.5 Å². The van der Waals surface area contributed by atoms with E-state index >= 15 is 0 Å². The lowest BCUT2D eigenvalue weighted by Crippen LogP contribution is -2.58. The molecule has 0 aliphatic carbocycles. The van der Waals surface area contributed by atoms with Crippen molar-refractivity contribution in [2.24, 2.45) is 11.7 Å². The minimum Gasteiger partial charge on any atom is -0.481 e. The topological polar surface area (TPSA) is 204 Å². The van der Waals surface area contributed by atoms with Crippen LogP contribution in [0.4, 0.5) is 0 Å².